The van der Waals surface area contributed by atoms with Gasteiger partial charge in [-0.15, -0.1) is 23.5 Å². The molecule has 1 saturated heterocycles. The van der Waals surface area contributed by atoms with Crippen LogP contribution in [0.3, 0.4) is 0 Å². The number of piperidine rings is 1. The Morgan fingerprint density at radius 2 is 1.64 bits per heavy atom. The third-order valence-corrected chi connectivity index (χ3v) is 9.93. The summed E-state index contributed by atoms with van der Waals surface area (Å²) < 4.78 is 12.6. The average molecular weight is 624 g/mol. The maximum atomic E-state index is 10.6. The minimum Gasteiger partial charge on any atom is -0.463 e. The van der Waals surface area contributed by atoms with E-state index >= 15 is 0 Å². The summed E-state index contributed by atoms with van der Waals surface area (Å²) in [5, 5.41) is 16.3. The molecule has 44 heavy (non-hydrogen) atoms. The first-order valence-electron chi connectivity index (χ1n) is 15.1. The standard InChI is InChI=1S/C36H37N3O3S2/c40-24-34(44-30-13-5-2-6-14-30)35-32(22-38-36(39-35)41-19-20-43-29-11-3-1-4-12-29)31-17-18-37-23-33(31)42-25-26-15-16-27-9-7-8-10-28(27)21-26/h1-16,21-22,31,33-34,37,40H,17-20,23-25H2. The van der Waals surface area contributed by atoms with Gasteiger partial charge in [-0.2, -0.15) is 4.98 Å². The van der Waals surface area contributed by atoms with Gasteiger partial charge in [0, 0.05) is 34.2 Å². The van der Waals surface area contributed by atoms with Gasteiger partial charge in [0.15, 0.2) is 0 Å². The van der Waals surface area contributed by atoms with Gasteiger partial charge in [0.25, 0.3) is 0 Å². The number of aliphatic hydroxyl groups is 1. The van der Waals surface area contributed by atoms with Crippen molar-refractivity contribution >= 4 is 34.3 Å². The topological polar surface area (TPSA) is 76.5 Å². The summed E-state index contributed by atoms with van der Waals surface area (Å²) in [6, 6.07) is 35.7. The van der Waals surface area contributed by atoms with Gasteiger partial charge in [0.1, 0.15) is 6.61 Å². The van der Waals surface area contributed by atoms with E-state index < -0.39 is 0 Å². The fraction of sp³-hybridized carbons (Fsp3) is 0.278. The molecule has 2 N–H and O–H groups in total. The number of aliphatic hydroxyl groups excluding tert-OH is 1. The second-order valence-corrected chi connectivity index (χ2v) is 13.2. The van der Waals surface area contributed by atoms with Gasteiger partial charge in [-0.05, 0) is 65.2 Å². The molecule has 4 aromatic carbocycles. The Morgan fingerprint density at radius 1 is 0.886 bits per heavy atom. The summed E-state index contributed by atoms with van der Waals surface area (Å²) in [6.45, 7) is 2.57. The molecule has 8 heteroatoms. The van der Waals surface area contributed by atoms with Crippen molar-refractivity contribution in [2.24, 2.45) is 0 Å². The number of thioether (sulfide) groups is 2. The molecule has 0 saturated carbocycles. The molecule has 6 nitrogen and oxygen atoms in total. The second kappa shape index (κ2) is 15.5. The van der Waals surface area contributed by atoms with Crippen molar-refractivity contribution < 1.29 is 14.6 Å². The van der Waals surface area contributed by atoms with Crippen molar-refractivity contribution in [3.05, 3.63) is 126 Å². The molecule has 1 aromatic heterocycles. The molecule has 1 aliphatic rings. The van der Waals surface area contributed by atoms with Crippen LogP contribution in [0.4, 0.5) is 0 Å². The van der Waals surface area contributed by atoms with Crippen LogP contribution in [0, 0.1) is 0 Å². The van der Waals surface area contributed by atoms with E-state index in [0.29, 0.717) is 19.2 Å². The molecule has 0 bridgehead atoms. The summed E-state index contributed by atoms with van der Waals surface area (Å²) in [6.07, 6.45) is 2.73. The molecule has 1 aliphatic heterocycles. The number of fused-ring (bicyclic) bond motifs is 1. The lowest BCUT2D eigenvalue weighted by Crippen LogP contribution is -2.41. The van der Waals surface area contributed by atoms with Crippen LogP contribution in [-0.4, -0.2) is 53.2 Å². The van der Waals surface area contributed by atoms with Crippen molar-refractivity contribution in [2.75, 3.05) is 32.1 Å². The molecule has 3 atom stereocenters. The molecule has 0 radical (unpaired) electrons. The Kier molecular flexibility index (Phi) is 10.8. The zero-order valence-electron chi connectivity index (χ0n) is 24.5. The molecule has 6 rings (SSSR count). The van der Waals surface area contributed by atoms with E-state index in [4.69, 9.17) is 14.5 Å². The zero-order chi connectivity index (χ0) is 30.0. The number of hydrogen-bond donors (Lipinski definition) is 2. The van der Waals surface area contributed by atoms with Crippen molar-refractivity contribution in [3.8, 4) is 6.01 Å². The van der Waals surface area contributed by atoms with Crippen LogP contribution in [0.2, 0.25) is 0 Å². The van der Waals surface area contributed by atoms with Gasteiger partial charge >= 0.3 is 6.01 Å². The van der Waals surface area contributed by atoms with Gasteiger partial charge < -0.3 is 19.9 Å². The number of nitrogens with zero attached hydrogens (tertiary/aromatic N) is 2. The Morgan fingerprint density at radius 3 is 2.43 bits per heavy atom. The highest BCUT2D eigenvalue weighted by atomic mass is 32.2. The van der Waals surface area contributed by atoms with Gasteiger partial charge in [0.2, 0.25) is 0 Å². The molecule has 0 spiro atoms. The van der Waals surface area contributed by atoms with E-state index in [1.54, 1.807) is 23.5 Å². The van der Waals surface area contributed by atoms with Crippen molar-refractivity contribution in [3.63, 3.8) is 0 Å². The Hall–Kier alpha value is -3.40. The fourth-order valence-corrected chi connectivity index (χ4v) is 7.31. The first-order valence-corrected chi connectivity index (χ1v) is 16.9. The monoisotopic (exact) mass is 623 g/mol. The lowest BCUT2D eigenvalue weighted by molar-refractivity contribution is 0.0102. The highest BCUT2D eigenvalue weighted by molar-refractivity contribution is 7.99. The molecule has 226 valence electrons. The minimum atomic E-state index is -0.271. The predicted octanol–water partition coefficient (Wildman–Crippen LogP) is 7.29. The van der Waals surface area contributed by atoms with Crippen LogP contribution < -0.4 is 10.1 Å². The smallest absolute Gasteiger partial charge is 0.316 e. The van der Waals surface area contributed by atoms with Gasteiger partial charge in [-0.25, -0.2) is 4.98 Å². The number of ether oxygens (including phenoxy) is 2. The first-order chi connectivity index (χ1) is 21.8. The lowest BCUT2D eigenvalue weighted by atomic mass is 9.87. The van der Waals surface area contributed by atoms with Crippen molar-refractivity contribution in [1.29, 1.82) is 0 Å². The maximum Gasteiger partial charge on any atom is 0.316 e. The predicted molar refractivity (Wildman–Crippen MR) is 180 cm³/mol. The van der Waals surface area contributed by atoms with Crippen molar-refractivity contribution in [1.82, 2.24) is 15.3 Å². The molecule has 5 aromatic rings. The number of hydrogen-bond acceptors (Lipinski definition) is 8. The number of benzene rings is 4. The van der Waals surface area contributed by atoms with Crippen LogP contribution in [0.15, 0.2) is 119 Å². The fourth-order valence-electron chi connectivity index (χ4n) is 5.55. The highest BCUT2D eigenvalue weighted by Gasteiger charge is 2.32. The van der Waals surface area contributed by atoms with Crippen LogP contribution in [0.1, 0.15) is 34.4 Å². The van der Waals surface area contributed by atoms with E-state index in [-0.39, 0.29) is 23.9 Å². The van der Waals surface area contributed by atoms with Crippen LogP contribution >= 0.6 is 23.5 Å². The number of nitrogens with one attached hydrogen (secondary N) is 1. The normalized spacial score (nSPS) is 17.4. The third kappa shape index (κ3) is 8.00. The van der Waals surface area contributed by atoms with Crippen LogP contribution in [0.5, 0.6) is 6.01 Å². The molecular weight excluding hydrogens is 587 g/mol. The van der Waals surface area contributed by atoms with E-state index in [0.717, 1.165) is 47.0 Å². The average Bonchev–Trinajstić information content (AvgIpc) is 3.09. The largest absolute Gasteiger partial charge is 0.463 e. The number of rotatable bonds is 13. The van der Waals surface area contributed by atoms with Crippen LogP contribution in [-0.2, 0) is 11.3 Å². The molecule has 2 heterocycles. The Balaban J connectivity index is 1.22. The SMILES string of the molecule is OCC(Sc1ccccc1)c1nc(OCCSc2ccccc2)ncc1C1CCNCC1OCc1ccc2ccccc2c1. The zero-order valence-corrected chi connectivity index (χ0v) is 26.2. The summed E-state index contributed by atoms with van der Waals surface area (Å²) in [7, 11) is 0. The molecule has 0 amide bonds. The third-order valence-electron chi connectivity index (χ3n) is 7.75. The number of aromatic nitrogens is 2. The van der Waals surface area contributed by atoms with E-state index in [1.165, 1.54) is 15.7 Å². The van der Waals surface area contributed by atoms with Crippen LogP contribution in [0.25, 0.3) is 10.8 Å². The van der Waals surface area contributed by atoms with E-state index in [1.807, 2.05) is 42.6 Å². The van der Waals surface area contributed by atoms with Gasteiger partial charge in [-0.3, -0.25) is 0 Å². The second-order valence-electron chi connectivity index (χ2n) is 10.7. The summed E-state index contributed by atoms with van der Waals surface area (Å²) in [5.74, 6) is 0.867. The van der Waals surface area contributed by atoms with E-state index in [2.05, 4.69) is 77.0 Å². The van der Waals surface area contributed by atoms with Gasteiger partial charge in [0.05, 0.1) is 30.3 Å². The van der Waals surface area contributed by atoms with Gasteiger partial charge in [-0.1, -0.05) is 72.8 Å². The summed E-state index contributed by atoms with van der Waals surface area (Å²) >= 11 is 3.35. The van der Waals surface area contributed by atoms with E-state index in [9.17, 15) is 5.11 Å². The first kappa shape index (κ1) is 30.6. The molecule has 0 aliphatic carbocycles. The lowest BCUT2D eigenvalue weighted by Gasteiger charge is -2.34. The Bertz CT molecular complexity index is 1620. The molecule has 3 unspecified atom stereocenters. The molecular formula is C36H37N3O3S2. The molecule has 1 fully saturated rings. The van der Waals surface area contributed by atoms with Crippen molar-refractivity contribution in [2.45, 2.75) is 40.1 Å². The summed E-state index contributed by atoms with van der Waals surface area (Å²) in [4.78, 5) is 11.9. The highest BCUT2D eigenvalue weighted by Crippen LogP contribution is 2.40. The minimum absolute atomic E-state index is 0.0551. The quantitative estimate of drug-likeness (QED) is 0.105. The maximum absolute atomic E-state index is 10.6. The Labute approximate surface area is 267 Å². The summed E-state index contributed by atoms with van der Waals surface area (Å²) in [5.41, 5.74) is 2.98.